The van der Waals surface area contributed by atoms with Crippen LogP contribution >= 0.6 is 11.8 Å². The molecule has 9 heteroatoms. The van der Waals surface area contributed by atoms with Crippen LogP contribution in [0.3, 0.4) is 0 Å². The van der Waals surface area contributed by atoms with Gasteiger partial charge in [0.1, 0.15) is 6.04 Å². The SMILES string of the molecule is CC1SCC(C(=O)O)N1C(=O)N1CCN2C(=O)NCC2C1. The van der Waals surface area contributed by atoms with Crippen molar-refractivity contribution in [3.63, 3.8) is 0 Å². The van der Waals surface area contributed by atoms with Gasteiger partial charge in [-0.3, -0.25) is 4.90 Å². The van der Waals surface area contributed by atoms with Gasteiger partial charge in [0.2, 0.25) is 0 Å². The summed E-state index contributed by atoms with van der Waals surface area (Å²) in [4.78, 5) is 40.3. The molecule has 0 aromatic rings. The first kappa shape index (κ1) is 14.3. The molecule has 3 aliphatic rings. The molecule has 3 unspecified atom stereocenters. The van der Waals surface area contributed by atoms with E-state index in [0.29, 0.717) is 31.9 Å². The zero-order chi connectivity index (χ0) is 15.1. The molecule has 0 aromatic carbocycles. The minimum absolute atomic E-state index is 0.0101. The Kier molecular flexibility index (Phi) is 3.60. The Morgan fingerprint density at radius 3 is 2.86 bits per heavy atom. The van der Waals surface area contributed by atoms with E-state index in [-0.39, 0.29) is 23.5 Å². The first-order valence-corrected chi connectivity index (χ1v) is 8.00. The van der Waals surface area contributed by atoms with Crippen molar-refractivity contribution in [3.8, 4) is 0 Å². The molecular weight excluding hydrogens is 296 g/mol. The van der Waals surface area contributed by atoms with Gasteiger partial charge in [0.15, 0.2) is 0 Å². The highest BCUT2D eigenvalue weighted by atomic mass is 32.2. The van der Waals surface area contributed by atoms with Crippen LogP contribution < -0.4 is 5.32 Å². The topological polar surface area (TPSA) is 93.2 Å². The van der Waals surface area contributed by atoms with E-state index in [4.69, 9.17) is 0 Å². The van der Waals surface area contributed by atoms with Gasteiger partial charge in [-0.15, -0.1) is 11.8 Å². The normalized spacial score (nSPS) is 32.1. The Bertz CT molecular complexity index is 488. The van der Waals surface area contributed by atoms with E-state index in [1.165, 1.54) is 16.7 Å². The van der Waals surface area contributed by atoms with Crippen molar-refractivity contribution in [1.29, 1.82) is 0 Å². The highest BCUT2D eigenvalue weighted by Gasteiger charge is 2.44. The molecule has 0 bridgehead atoms. The summed E-state index contributed by atoms with van der Waals surface area (Å²) >= 11 is 1.47. The van der Waals surface area contributed by atoms with Crippen molar-refractivity contribution in [2.75, 3.05) is 31.9 Å². The molecule has 0 spiro atoms. The van der Waals surface area contributed by atoms with E-state index in [9.17, 15) is 19.5 Å². The van der Waals surface area contributed by atoms with E-state index in [0.717, 1.165) is 0 Å². The van der Waals surface area contributed by atoms with Crippen molar-refractivity contribution in [1.82, 2.24) is 20.0 Å². The van der Waals surface area contributed by atoms with Crippen LogP contribution in [0.5, 0.6) is 0 Å². The number of carboxylic acids is 1. The molecule has 3 saturated heterocycles. The van der Waals surface area contributed by atoms with Gasteiger partial charge in [-0.05, 0) is 6.92 Å². The van der Waals surface area contributed by atoms with Crippen molar-refractivity contribution in [2.45, 2.75) is 24.4 Å². The molecule has 3 atom stereocenters. The summed E-state index contributed by atoms with van der Waals surface area (Å²) in [7, 11) is 0. The molecule has 0 radical (unpaired) electrons. The molecule has 8 nitrogen and oxygen atoms in total. The third-order valence-electron chi connectivity index (χ3n) is 4.23. The number of hydrogen-bond donors (Lipinski definition) is 2. The number of hydrogen-bond acceptors (Lipinski definition) is 4. The summed E-state index contributed by atoms with van der Waals surface area (Å²) in [6.07, 6.45) is 0. The zero-order valence-electron chi connectivity index (χ0n) is 11.7. The average Bonchev–Trinajstić information content (AvgIpc) is 3.01. The van der Waals surface area contributed by atoms with E-state index in [1.54, 1.807) is 9.80 Å². The largest absolute Gasteiger partial charge is 0.480 e. The maximum atomic E-state index is 12.6. The quantitative estimate of drug-likeness (QED) is 0.691. The molecule has 0 aromatic heterocycles. The van der Waals surface area contributed by atoms with Crippen LogP contribution in [0, 0.1) is 0 Å². The molecule has 116 valence electrons. The fraction of sp³-hybridized carbons (Fsp3) is 0.750. The molecule has 21 heavy (non-hydrogen) atoms. The first-order valence-electron chi connectivity index (χ1n) is 6.95. The molecule has 0 saturated carbocycles. The lowest BCUT2D eigenvalue weighted by molar-refractivity contribution is -0.141. The predicted octanol–water partition coefficient (Wildman–Crippen LogP) is -0.336. The number of thioether (sulfide) groups is 1. The van der Waals surface area contributed by atoms with Crippen LogP contribution in [-0.4, -0.2) is 87.2 Å². The van der Waals surface area contributed by atoms with E-state index < -0.39 is 12.0 Å². The van der Waals surface area contributed by atoms with Crippen LogP contribution in [0.2, 0.25) is 0 Å². The van der Waals surface area contributed by atoms with Crippen LogP contribution in [0.4, 0.5) is 9.59 Å². The monoisotopic (exact) mass is 314 g/mol. The Labute approximate surface area is 126 Å². The summed E-state index contributed by atoms with van der Waals surface area (Å²) in [6.45, 7) is 3.79. The highest BCUT2D eigenvalue weighted by Crippen LogP contribution is 2.30. The summed E-state index contributed by atoms with van der Waals surface area (Å²) < 4.78 is 0. The van der Waals surface area contributed by atoms with Gasteiger partial charge in [-0.25, -0.2) is 14.4 Å². The van der Waals surface area contributed by atoms with Gasteiger partial charge in [-0.2, -0.15) is 0 Å². The Morgan fingerprint density at radius 2 is 2.14 bits per heavy atom. The number of piperazine rings is 1. The molecular formula is C12H18N4O4S. The fourth-order valence-electron chi connectivity index (χ4n) is 3.06. The number of amides is 4. The zero-order valence-corrected chi connectivity index (χ0v) is 12.5. The van der Waals surface area contributed by atoms with Gasteiger partial charge in [0.25, 0.3) is 0 Å². The Balaban J connectivity index is 1.70. The Hall–Kier alpha value is -1.64. The molecule has 3 rings (SSSR count). The number of rotatable bonds is 1. The van der Waals surface area contributed by atoms with E-state index in [1.807, 2.05) is 6.92 Å². The second kappa shape index (κ2) is 5.28. The summed E-state index contributed by atoms with van der Waals surface area (Å²) in [5.41, 5.74) is 0. The van der Waals surface area contributed by atoms with Crippen molar-refractivity contribution < 1.29 is 19.5 Å². The van der Waals surface area contributed by atoms with Crippen molar-refractivity contribution in [3.05, 3.63) is 0 Å². The second-order valence-electron chi connectivity index (χ2n) is 5.46. The van der Waals surface area contributed by atoms with Crippen LogP contribution in [0.1, 0.15) is 6.92 Å². The number of carbonyl (C=O) groups excluding carboxylic acids is 2. The first-order chi connectivity index (χ1) is 9.99. The number of fused-ring (bicyclic) bond motifs is 1. The highest BCUT2D eigenvalue weighted by molar-refractivity contribution is 8.00. The molecule has 3 fully saturated rings. The third-order valence-corrected chi connectivity index (χ3v) is 5.45. The fourth-order valence-corrected chi connectivity index (χ4v) is 4.23. The molecule has 3 heterocycles. The number of aliphatic carboxylic acids is 1. The lowest BCUT2D eigenvalue weighted by Crippen LogP contribution is -2.59. The molecule has 4 amide bonds. The van der Waals surface area contributed by atoms with Gasteiger partial charge in [0, 0.05) is 31.9 Å². The maximum Gasteiger partial charge on any atom is 0.327 e. The number of urea groups is 2. The smallest absolute Gasteiger partial charge is 0.327 e. The minimum atomic E-state index is -0.962. The number of nitrogens with one attached hydrogen (secondary N) is 1. The van der Waals surface area contributed by atoms with Crippen molar-refractivity contribution in [2.24, 2.45) is 0 Å². The molecule has 3 aliphatic heterocycles. The van der Waals surface area contributed by atoms with Crippen LogP contribution in [0.25, 0.3) is 0 Å². The third kappa shape index (κ3) is 2.39. The van der Waals surface area contributed by atoms with E-state index >= 15 is 0 Å². The van der Waals surface area contributed by atoms with Gasteiger partial charge in [0.05, 0.1) is 11.4 Å². The Morgan fingerprint density at radius 1 is 1.38 bits per heavy atom. The number of nitrogens with zero attached hydrogens (tertiary/aromatic N) is 3. The average molecular weight is 314 g/mol. The van der Waals surface area contributed by atoms with Gasteiger partial charge in [-0.1, -0.05) is 0 Å². The number of carbonyl (C=O) groups is 3. The molecule has 2 N–H and O–H groups in total. The lowest BCUT2D eigenvalue weighted by atomic mass is 10.2. The summed E-state index contributed by atoms with van der Waals surface area (Å²) in [5, 5.41) is 11.9. The van der Waals surface area contributed by atoms with E-state index in [2.05, 4.69) is 5.32 Å². The van der Waals surface area contributed by atoms with Crippen molar-refractivity contribution >= 4 is 29.8 Å². The second-order valence-corrected chi connectivity index (χ2v) is 6.80. The van der Waals surface area contributed by atoms with Crippen LogP contribution in [-0.2, 0) is 4.79 Å². The summed E-state index contributed by atoms with van der Waals surface area (Å²) in [6, 6.07) is -1.09. The van der Waals surface area contributed by atoms with Gasteiger partial charge < -0.3 is 20.2 Å². The number of carboxylic acid groups (broad SMARTS) is 1. The predicted molar refractivity (Wildman–Crippen MR) is 76.0 cm³/mol. The lowest BCUT2D eigenvalue weighted by Gasteiger charge is -2.39. The molecule has 0 aliphatic carbocycles. The standard InChI is InChI=1S/C12H18N4O4S/c1-7-16(9(6-21-7)10(17)18)12(20)14-2-3-15-8(5-14)4-13-11(15)19/h7-9H,2-6H2,1H3,(H,13,19)(H,17,18). The van der Waals surface area contributed by atoms with Gasteiger partial charge >= 0.3 is 18.0 Å². The maximum absolute atomic E-state index is 12.6. The minimum Gasteiger partial charge on any atom is -0.480 e. The summed E-state index contributed by atoms with van der Waals surface area (Å²) in [5.74, 6) is -0.539. The van der Waals surface area contributed by atoms with Crippen LogP contribution in [0.15, 0.2) is 0 Å².